The number of carbonyl (C=O) groups excluding carboxylic acids is 1. The van der Waals surface area contributed by atoms with Crippen molar-refractivity contribution in [2.24, 2.45) is 0 Å². The highest BCUT2D eigenvalue weighted by atomic mass is 127. The number of hydrogen-bond donors (Lipinski definition) is 1. The molecule has 0 aliphatic carbocycles. The van der Waals surface area contributed by atoms with Crippen LogP contribution in [0.5, 0.6) is 0 Å². The van der Waals surface area contributed by atoms with Gasteiger partial charge in [0.2, 0.25) is 0 Å². The normalized spacial score (nSPS) is 10.3. The third kappa shape index (κ3) is 3.76. The van der Waals surface area contributed by atoms with Gasteiger partial charge in [-0.3, -0.25) is 4.79 Å². The summed E-state index contributed by atoms with van der Waals surface area (Å²) in [5, 5.41) is 2.74. The van der Waals surface area contributed by atoms with Crippen LogP contribution in [0.1, 0.15) is 10.4 Å². The van der Waals surface area contributed by atoms with E-state index >= 15 is 0 Å². The lowest BCUT2D eigenvalue weighted by molar-refractivity contribution is 0.102. The molecule has 1 amide bonds. The zero-order chi connectivity index (χ0) is 14.0. The number of nitrogens with one attached hydrogen (secondary N) is 1. The Balaban J connectivity index is 2.28. The van der Waals surface area contributed by atoms with Crippen molar-refractivity contribution in [1.82, 2.24) is 0 Å². The van der Waals surface area contributed by atoms with E-state index in [1.54, 1.807) is 6.07 Å². The summed E-state index contributed by atoms with van der Waals surface area (Å²) in [6, 6.07) is 9.58. The SMILES string of the molecule is O=C(Nc1ccc(F)cc1Br)c1cc(Br)ccc1I. The molecule has 0 saturated heterocycles. The third-order valence-electron chi connectivity index (χ3n) is 2.35. The first-order valence-corrected chi connectivity index (χ1v) is 7.85. The minimum atomic E-state index is -0.359. The average molecular weight is 499 g/mol. The van der Waals surface area contributed by atoms with Crippen LogP contribution in [0, 0.1) is 9.39 Å². The summed E-state index contributed by atoms with van der Waals surface area (Å²) in [6.45, 7) is 0. The van der Waals surface area contributed by atoms with E-state index in [1.807, 2.05) is 12.1 Å². The summed E-state index contributed by atoms with van der Waals surface area (Å²) in [7, 11) is 0. The molecule has 0 radical (unpaired) electrons. The molecule has 98 valence electrons. The quantitative estimate of drug-likeness (QED) is 0.566. The van der Waals surface area contributed by atoms with Gasteiger partial charge in [0.25, 0.3) is 5.91 Å². The molecule has 0 bridgehead atoms. The molecule has 0 fully saturated rings. The Kier molecular flexibility index (Phi) is 4.97. The Bertz CT molecular complexity index is 649. The molecule has 1 N–H and O–H groups in total. The number of anilines is 1. The summed E-state index contributed by atoms with van der Waals surface area (Å²) in [6.07, 6.45) is 0. The van der Waals surface area contributed by atoms with Gasteiger partial charge in [-0.2, -0.15) is 0 Å². The molecule has 0 spiro atoms. The minimum absolute atomic E-state index is 0.238. The van der Waals surface area contributed by atoms with Gasteiger partial charge in [-0.05, 0) is 74.9 Å². The number of hydrogen-bond acceptors (Lipinski definition) is 1. The molecule has 2 aromatic rings. The summed E-state index contributed by atoms with van der Waals surface area (Å²) in [5.41, 5.74) is 1.09. The van der Waals surface area contributed by atoms with Gasteiger partial charge in [-0.25, -0.2) is 4.39 Å². The number of benzene rings is 2. The number of amides is 1. The Morgan fingerprint density at radius 1 is 1.16 bits per heavy atom. The first-order chi connectivity index (χ1) is 8.97. The van der Waals surface area contributed by atoms with E-state index in [0.29, 0.717) is 15.7 Å². The Labute approximate surface area is 140 Å². The van der Waals surface area contributed by atoms with Crippen molar-refractivity contribution in [1.29, 1.82) is 0 Å². The highest BCUT2D eigenvalue weighted by molar-refractivity contribution is 14.1. The molecule has 0 heterocycles. The molecule has 19 heavy (non-hydrogen) atoms. The van der Waals surface area contributed by atoms with Crippen LogP contribution in [0.15, 0.2) is 45.3 Å². The smallest absolute Gasteiger partial charge is 0.256 e. The molecule has 0 unspecified atom stereocenters. The van der Waals surface area contributed by atoms with Gasteiger partial charge in [-0.1, -0.05) is 15.9 Å². The lowest BCUT2D eigenvalue weighted by Crippen LogP contribution is -2.13. The van der Waals surface area contributed by atoms with Gasteiger partial charge in [-0.15, -0.1) is 0 Å². The van der Waals surface area contributed by atoms with Crippen molar-refractivity contribution in [2.75, 3.05) is 5.32 Å². The fraction of sp³-hybridized carbons (Fsp3) is 0. The minimum Gasteiger partial charge on any atom is -0.321 e. The van der Waals surface area contributed by atoms with Crippen LogP contribution in [0.2, 0.25) is 0 Å². The zero-order valence-corrected chi connectivity index (χ0v) is 14.7. The highest BCUT2D eigenvalue weighted by Gasteiger charge is 2.12. The largest absolute Gasteiger partial charge is 0.321 e. The van der Waals surface area contributed by atoms with Crippen LogP contribution in [0.3, 0.4) is 0 Å². The maximum absolute atomic E-state index is 13.0. The van der Waals surface area contributed by atoms with Gasteiger partial charge in [0.15, 0.2) is 0 Å². The van der Waals surface area contributed by atoms with Gasteiger partial charge >= 0.3 is 0 Å². The maximum Gasteiger partial charge on any atom is 0.256 e. The molecule has 0 atom stereocenters. The first kappa shape index (κ1) is 14.9. The highest BCUT2D eigenvalue weighted by Crippen LogP contribution is 2.25. The molecule has 2 aromatic carbocycles. The second kappa shape index (κ2) is 6.32. The summed E-state index contributed by atoms with van der Waals surface area (Å²) in [4.78, 5) is 12.2. The standard InChI is InChI=1S/C13H7Br2FINO/c14-7-1-3-11(17)9(5-7)13(19)18-12-4-2-8(16)6-10(12)15/h1-6H,(H,18,19). The molecule has 0 saturated carbocycles. The predicted molar refractivity (Wildman–Crippen MR) is 88.9 cm³/mol. The van der Waals surface area contributed by atoms with Crippen molar-refractivity contribution in [2.45, 2.75) is 0 Å². The molecule has 6 heteroatoms. The van der Waals surface area contributed by atoms with Gasteiger partial charge in [0.1, 0.15) is 5.82 Å². The Morgan fingerprint density at radius 3 is 2.58 bits per heavy atom. The maximum atomic E-state index is 13.0. The van der Waals surface area contributed by atoms with Gasteiger partial charge in [0.05, 0.1) is 11.3 Å². The van der Waals surface area contributed by atoms with E-state index in [4.69, 9.17) is 0 Å². The molecule has 2 rings (SSSR count). The second-order valence-electron chi connectivity index (χ2n) is 3.70. The van der Waals surface area contributed by atoms with Gasteiger partial charge < -0.3 is 5.32 Å². The average Bonchev–Trinajstić information content (AvgIpc) is 2.35. The van der Waals surface area contributed by atoms with E-state index in [9.17, 15) is 9.18 Å². The second-order valence-corrected chi connectivity index (χ2v) is 6.63. The van der Waals surface area contributed by atoms with E-state index in [-0.39, 0.29) is 11.7 Å². The molecular formula is C13H7Br2FINO. The van der Waals surface area contributed by atoms with Crippen molar-refractivity contribution < 1.29 is 9.18 Å². The summed E-state index contributed by atoms with van der Waals surface area (Å²) >= 11 is 8.64. The van der Waals surface area contributed by atoms with Crippen LogP contribution in [0.4, 0.5) is 10.1 Å². The predicted octanol–water partition coefficient (Wildman–Crippen LogP) is 5.21. The molecule has 0 aliphatic heterocycles. The first-order valence-electron chi connectivity index (χ1n) is 5.19. The van der Waals surface area contributed by atoms with Crippen molar-refractivity contribution in [3.63, 3.8) is 0 Å². The van der Waals surface area contributed by atoms with E-state index in [2.05, 4.69) is 59.8 Å². The summed E-state index contributed by atoms with van der Waals surface area (Å²) < 4.78 is 15.2. The zero-order valence-electron chi connectivity index (χ0n) is 9.38. The van der Waals surface area contributed by atoms with Crippen LogP contribution < -0.4 is 5.32 Å². The number of carbonyl (C=O) groups is 1. The molecule has 0 aromatic heterocycles. The van der Waals surface area contributed by atoms with Crippen molar-refractivity contribution in [3.8, 4) is 0 Å². The topological polar surface area (TPSA) is 29.1 Å². The third-order valence-corrected chi connectivity index (χ3v) is 4.44. The van der Waals surface area contributed by atoms with Crippen molar-refractivity contribution in [3.05, 3.63) is 60.3 Å². The van der Waals surface area contributed by atoms with Crippen molar-refractivity contribution >= 4 is 66.0 Å². The van der Waals surface area contributed by atoms with Crippen LogP contribution in [-0.2, 0) is 0 Å². The van der Waals surface area contributed by atoms with Gasteiger partial charge in [0, 0.05) is 12.5 Å². The summed E-state index contributed by atoms with van der Waals surface area (Å²) in [5.74, 6) is -0.597. The van der Waals surface area contributed by atoms with E-state index in [1.165, 1.54) is 18.2 Å². The fourth-order valence-electron chi connectivity index (χ4n) is 1.45. The fourth-order valence-corrected chi connectivity index (χ4v) is 2.84. The molecular weight excluding hydrogens is 492 g/mol. The molecule has 0 aliphatic rings. The van der Waals surface area contributed by atoms with Crippen LogP contribution in [0.25, 0.3) is 0 Å². The Hall–Kier alpha value is -0.470. The lowest BCUT2D eigenvalue weighted by atomic mass is 10.2. The van der Waals surface area contributed by atoms with E-state index in [0.717, 1.165) is 8.04 Å². The number of rotatable bonds is 2. The van der Waals surface area contributed by atoms with Crippen LogP contribution in [-0.4, -0.2) is 5.91 Å². The lowest BCUT2D eigenvalue weighted by Gasteiger charge is -2.09. The number of halogens is 4. The van der Waals surface area contributed by atoms with E-state index < -0.39 is 0 Å². The monoisotopic (exact) mass is 497 g/mol. The molecule has 2 nitrogen and oxygen atoms in total. The Morgan fingerprint density at radius 2 is 1.89 bits per heavy atom. The van der Waals surface area contributed by atoms with Crippen LogP contribution >= 0.6 is 54.5 Å².